The predicted octanol–water partition coefficient (Wildman–Crippen LogP) is 2.37. The van der Waals surface area contributed by atoms with Crippen LogP contribution in [0.3, 0.4) is 0 Å². The average molecular weight is 379 g/mol. The van der Waals surface area contributed by atoms with E-state index in [1.165, 1.54) is 11.3 Å². The van der Waals surface area contributed by atoms with Crippen molar-refractivity contribution >= 4 is 23.3 Å². The van der Waals surface area contributed by atoms with Gasteiger partial charge in [0, 0.05) is 64.5 Å². The summed E-state index contributed by atoms with van der Waals surface area (Å²) in [5, 5.41) is 3.02. The van der Waals surface area contributed by atoms with Gasteiger partial charge < -0.3 is 20.0 Å². The standard InChI is InChI=1S/C21H25N5O2/c1-24(2)21(28)26-9-7-17-15(13-26)11-22-12-18(17)20(27)23-16-4-5-19-14(10-16)6-8-25(19)3/h4-5,10-12H,6-9,13H2,1-3H3,(H,23,27). The number of anilines is 2. The minimum atomic E-state index is -0.150. The molecule has 0 saturated heterocycles. The SMILES string of the molecule is CN(C)C(=O)N1CCc2c(cncc2C(=O)Nc2ccc3c(c2)CCN3C)C1. The van der Waals surface area contributed by atoms with Gasteiger partial charge in [-0.2, -0.15) is 0 Å². The lowest BCUT2D eigenvalue weighted by Gasteiger charge is -2.31. The number of nitrogens with zero attached hydrogens (tertiary/aromatic N) is 4. The van der Waals surface area contributed by atoms with Crippen molar-refractivity contribution in [3.63, 3.8) is 0 Å². The van der Waals surface area contributed by atoms with E-state index in [4.69, 9.17) is 0 Å². The number of amides is 3. The third-order valence-corrected chi connectivity index (χ3v) is 5.50. The maximum Gasteiger partial charge on any atom is 0.319 e. The summed E-state index contributed by atoms with van der Waals surface area (Å²) < 4.78 is 0. The topological polar surface area (TPSA) is 68.8 Å². The molecule has 0 saturated carbocycles. The lowest BCUT2D eigenvalue weighted by atomic mass is 9.96. The van der Waals surface area contributed by atoms with Crippen LogP contribution in [0.2, 0.25) is 0 Å². The zero-order chi connectivity index (χ0) is 19.8. The third-order valence-electron chi connectivity index (χ3n) is 5.50. The molecule has 146 valence electrons. The van der Waals surface area contributed by atoms with Gasteiger partial charge in [-0.15, -0.1) is 0 Å². The second-order valence-electron chi connectivity index (χ2n) is 7.64. The van der Waals surface area contributed by atoms with Crippen molar-refractivity contribution in [1.29, 1.82) is 0 Å². The highest BCUT2D eigenvalue weighted by Crippen LogP contribution is 2.30. The van der Waals surface area contributed by atoms with Gasteiger partial charge in [0.25, 0.3) is 5.91 Å². The van der Waals surface area contributed by atoms with E-state index in [1.807, 2.05) is 6.07 Å². The van der Waals surface area contributed by atoms with Crippen LogP contribution < -0.4 is 10.2 Å². The van der Waals surface area contributed by atoms with E-state index in [0.29, 0.717) is 25.1 Å². The summed E-state index contributed by atoms with van der Waals surface area (Å²) in [6.07, 6.45) is 5.02. The summed E-state index contributed by atoms with van der Waals surface area (Å²) in [7, 11) is 5.57. The van der Waals surface area contributed by atoms with Gasteiger partial charge in [0.15, 0.2) is 0 Å². The number of aromatic nitrogens is 1. The van der Waals surface area contributed by atoms with Crippen molar-refractivity contribution in [2.45, 2.75) is 19.4 Å². The van der Waals surface area contributed by atoms with Crippen molar-refractivity contribution in [3.05, 3.63) is 52.8 Å². The van der Waals surface area contributed by atoms with Crippen LogP contribution in [0.15, 0.2) is 30.6 Å². The number of hydrogen-bond donors (Lipinski definition) is 1. The summed E-state index contributed by atoms with van der Waals surface area (Å²) in [4.78, 5) is 35.0. The molecule has 1 aromatic heterocycles. The van der Waals surface area contributed by atoms with Crippen LogP contribution in [-0.2, 0) is 19.4 Å². The fourth-order valence-electron chi connectivity index (χ4n) is 3.98. The molecule has 2 aliphatic heterocycles. The fourth-order valence-corrected chi connectivity index (χ4v) is 3.98. The number of fused-ring (bicyclic) bond motifs is 2. The second-order valence-corrected chi connectivity index (χ2v) is 7.64. The zero-order valence-corrected chi connectivity index (χ0v) is 16.5. The molecule has 2 aliphatic rings. The number of urea groups is 1. The fraction of sp³-hybridized carbons (Fsp3) is 0.381. The van der Waals surface area contributed by atoms with E-state index in [9.17, 15) is 9.59 Å². The Labute approximate surface area is 164 Å². The first kappa shape index (κ1) is 18.3. The molecule has 0 radical (unpaired) electrons. The van der Waals surface area contributed by atoms with Crippen molar-refractivity contribution in [2.75, 3.05) is 44.4 Å². The highest BCUT2D eigenvalue weighted by molar-refractivity contribution is 6.05. The molecule has 7 nitrogen and oxygen atoms in total. The summed E-state index contributed by atoms with van der Waals surface area (Å²) in [6, 6.07) is 6.03. The average Bonchev–Trinajstić information content (AvgIpc) is 3.06. The molecule has 7 heteroatoms. The molecule has 2 aromatic rings. The minimum absolute atomic E-state index is 0.0244. The molecule has 0 aliphatic carbocycles. The molecule has 1 N–H and O–H groups in total. The van der Waals surface area contributed by atoms with Crippen LogP contribution in [0, 0.1) is 0 Å². The number of pyridine rings is 1. The number of nitrogens with one attached hydrogen (secondary N) is 1. The van der Waals surface area contributed by atoms with Gasteiger partial charge >= 0.3 is 6.03 Å². The highest BCUT2D eigenvalue weighted by Gasteiger charge is 2.26. The molecule has 1 aromatic carbocycles. The van der Waals surface area contributed by atoms with Crippen LogP contribution in [0.5, 0.6) is 0 Å². The van der Waals surface area contributed by atoms with Gasteiger partial charge in [-0.25, -0.2) is 4.79 Å². The Hall–Kier alpha value is -3.09. The Balaban J connectivity index is 1.54. The van der Waals surface area contributed by atoms with E-state index >= 15 is 0 Å². The second kappa shape index (κ2) is 7.14. The summed E-state index contributed by atoms with van der Waals surface area (Å²) in [5.41, 5.74) is 5.79. The molecule has 0 bridgehead atoms. The molecule has 0 atom stereocenters. The van der Waals surface area contributed by atoms with Crippen molar-refractivity contribution in [2.24, 2.45) is 0 Å². The van der Waals surface area contributed by atoms with Gasteiger partial charge in [-0.1, -0.05) is 0 Å². The van der Waals surface area contributed by atoms with Gasteiger partial charge in [0.1, 0.15) is 0 Å². The largest absolute Gasteiger partial charge is 0.374 e. The third kappa shape index (κ3) is 3.28. The van der Waals surface area contributed by atoms with Crippen molar-refractivity contribution < 1.29 is 9.59 Å². The Morgan fingerprint density at radius 1 is 1.11 bits per heavy atom. The Bertz CT molecular complexity index is 940. The van der Waals surface area contributed by atoms with Crippen molar-refractivity contribution in [1.82, 2.24) is 14.8 Å². The predicted molar refractivity (Wildman–Crippen MR) is 109 cm³/mol. The zero-order valence-electron chi connectivity index (χ0n) is 16.5. The summed E-state index contributed by atoms with van der Waals surface area (Å²) >= 11 is 0. The Kier molecular flexibility index (Phi) is 4.66. The van der Waals surface area contributed by atoms with Crippen LogP contribution in [-0.4, -0.2) is 61.0 Å². The molecule has 3 amide bonds. The first-order valence-corrected chi connectivity index (χ1v) is 9.51. The lowest BCUT2D eigenvalue weighted by molar-refractivity contribution is 0.102. The maximum absolute atomic E-state index is 12.9. The van der Waals surface area contributed by atoms with Gasteiger partial charge in [0.2, 0.25) is 0 Å². The van der Waals surface area contributed by atoms with Gasteiger partial charge in [-0.05, 0) is 47.7 Å². The Morgan fingerprint density at radius 3 is 2.71 bits per heavy atom. The number of benzene rings is 1. The smallest absolute Gasteiger partial charge is 0.319 e. The normalized spacial score (nSPS) is 15.1. The number of likely N-dealkylation sites (N-methyl/N-ethyl adjacent to an activating group) is 1. The number of hydrogen-bond acceptors (Lipinski definition) is 4. The van der Waals surface area contributed by atoms with E-state index in [2.05, 4.69) is 34.4 Å². The van der Waals surface area contributed by atoms with Gasteiger partial charge in [-0.3, -0.25) is 9.78 Å². The minimum Gasteiger partial charge on any atom is -0.374 e. The lowest BCUT2D eigenvalue weighted by Crippen LogP contribution is -2.42. The van der Waals surface area contributed by atoms with Crippen LogP contribution >= 0.6 is 0 Å². The molecule has 4 rings (SSSR count). The summed E-state index contributed by atoms with van der Waals surface area (Å²) in [5.74, 6) is -0.150. The maximum atomic E-state index is 12.9. The van der Waals surface area contributed by atoms with E-state index < -0.39 is 0 Å². The molecule has 28 heavy (non-hydrogen) atoms. The van der Waals surface area contributed by atoms with Crippen molar-refractivity contribution in [3.8, 4) is 0 Å². The number of carbonyl (C=O) groups excluding carboxylic acids is 2. The van der Waals surface area contributed by atoms with Gasteiger partial charge in [0.05, 0.1) is 5.56 Å². The first-order valence-electron chi connectivity index (χ1n) is 9.51. The van der Waals surface area contributed by atoms with Crippen LogP contribution in [0.1, 0.15) is 27.0 Å². The molecular weight excluding hydrogens is 354 g/mol. The van der Waals surface area contributed by atoms with E-state index in [0.717, 1.165) is 29.8 Å². The van der Waals surface area contributed by atoms with E-state index in [1.54, 1.807) is 36.3 Å². The van der Waals surface area contributed by atoms with E-state index in [-0.39, 0.29) is 11.9 Å². The molecule has 0 fully saturated rings. The molecule has 3 heterocycles. The summed E-state index contributed by atoms with van der Waals surface area (Å²) in [6.45, 7) is 2.08. The van der Waals surface area contributed by atoms with Crippen LogP contribution in [0.25, 0.3) is 0 Å². The molecule has 0 unspecified atom stereocenters. The quantitative estimate of drug-likeness (QED) is 0.870. The number of rotatable bonds is 2. The molecular formula is C21H25N5O2. The highest BCUT2D eigenvalue weighted by atomic mass is 16.2. The van der Waals surface area contributed by atoms with Crippen LogP contribution in [0.4, 0.5) is 16.2 Å². The monoisotopic (exact) mass is 379 g/mol. The Morgan fingerprint density at radius 2 is 1.93 bits per heavy atom. The molecule has 0 spiro atoms. The number of carbonyl (C=O) groups is 2. The first-order chi connectivity index (χ1) is 13.4.